The maximum atomic E-state index is 12.7. The fraction of sp³-hybridized carbons (Fsp3) is 0.600. The first-order valence-corrected chi connectivity index (χ1v) is 8.78. The maximum Gasteiger partial charge on any atom is 0.279 e. The number of rotatable bonds is 3. The van der Waals surface area contributed by atoms with Crippen LogP contribution in [0.15, 0.2) is 10.6 Å². The number of aromatic nitrogens is 2. The summed E-state index contributed by atoms with van der Waals surface area (Å²) in [5.74, 6) is 0.120. The summed E-state index contributed by atoms with van der Waals surface area (Å²) in [6, 6.07) is 0. The average molecular weight is 340 g/mol. The molecule has 1 aromatic heterocycles. The van der Waals surface area contributed by atoms with Gasteiger partial charge in [0, 0.05) is 23.0 Å². The molecule has 0 radical (unpaired) electrons. The maximum absolute atomic E-state index is 12.7. The molecule has 5 nitrogen and oxygen atoms in total. The molecule has 0 aromatic carbocycles. The van der Waals surface area contributed by atoms with Gasteiger partial charge in [-0.3, -0.25) is 9.59 Å². The Balaban J connectivity index is 1.89. The van der Waals surface area contributed by atoms with Crippen molar-refractivity contribution in [3.8, 4) is 0 Å². The molecular weight excluding hydrogens is 322 g/mol. The van der Waals surface area contributed by atoms with Crippen molar-refractivity contribution < 1.29 is 9.59 Å². The Labute approximate surface area is 138 Å². The number of carbonyl (C=O) groups excluding carboxylic acids is 2. The van der Waals surface area contributed by atoms with Crippen LogP contribution in [0.5, 0.6) is 0 Å². The summed E-state index contributed by atoms with van der Waals surface area (Å²) < 4.78 is 4.21. The molecule has 0 unspecified atom stereocenters. The second-order valence-corrected chi connectivity index (χ2v) is 7.21. The van der Waals surface area contributed by atoms with Crippen molar-refractivity contribution >= 4 is 40.1 Å². The predicted molar refractivity (Wildman–Crippen MR) is 85.9 cm³/mol. The minimum atomic E-state index is -0.460. The second-order valence-electron chi connectivity index (χ2n) is 6.10. The first kappa shape index (κ1) is 15.6. The van der Waals surface area contributed by atoms with Crippen LogP contribution in [0.25, 0.3) is 0 Å². The van der Waals surface area contributed by atoms with Crippen LogP contribution >= 0.6 is 23.1 Å². The van der Waals surface area contributed by atoms with E-state index in [9.17, 15) is 9.59 Å². The van der Waals surface area contributed by atoms with Crippen LogP contribution in [0.1, 0.15) is 57.7 Å². The Morgan fingerprint density at radius 1 is 1.18 bits per heavy atom. The third-order valence-electron chi connectivity index (χ3n) is 4.21. The smallest absolute Gasteiger partial charge is 0.268 e. The Kier molecular flexibility index (Phi) is 4.32. The highest BCUT2D eigenvalue weighted by molar-refractivity contribution is 7.10. The Hall–Kier alpha value is -1.27. The van der Waals surface area contributed by atoms with Crippen molar-refractivity contribution in [3.05, 3.63) is 16.4 Å². The van der Waals surface area contributed by atoms with Gasteiger partial charge in [0.15, 0.2) is 0 Å². The quantitative estimate of drug-likeness (QED) is 0.789. The molecule has 3 rings (SSSR count). The van der Waals surface area contributed by atoms with Crippen LogP contribution < -0.4 is 4.90 Å². The summed E-state index contributed by atoms with van der Waals surface area (Å²) in [5.41, 5.74) is 0.479. The van der Waals surface area contributed by atoms with E-state index >= 15 is 0 Å². The zero-order chi connectivity index (χ0) is 15.9. The van der Waals surface area contributed by atoms with E-state index in [-0.39, 0.29) is 22.8 Å². The average Bonchev–Trinajstić information content (AvgIpc) is 3.05. The standard InChI is InChI=1S/C15H18ClN3O2S/c1-8(2)12-17-15(22-18-12)19-13(20)10(11(16)14(19)21)9-6-4-3-5-7-9/h8-9H,3-7H2,1-2H3. The highest BCUT2D eigenvalue weighted by atomic mass is 35.5. The number of carbonyl (C=O) groups is 2. The zero-order valence-electron chi connectivity index (χ0n) is 12.6. The highest BCUT2D eigenvalue weighted by Crippen LogP contribution is 2.39. The van der Waals surface area contributed by atoms with Crippen LogP contribution in [0.4, 0.5) is 5.13 Å². The summed E-state index contributed by atoms with van der Waals surface area (Å²) in [7, 11) is 0. The van der Waals surface area contributed by atoms with Crippen molar-refractivity contribution in [2.45, 2.75) is 51.9 Å². The van der Waals surface area contributed by atoms with Gasteiger partial charge in [-0.05, 0) is 18.8 Å². The molecule has 7 heteroatoms. The van der Waals surface area contributed by atoms with Gasteiger partial charge in [0.25, 0.3) is 11.8 Å². The lowest BCUT2D eigenvalue weighted by atomic mass is 9.84. The fourth-order valence-electron chi connectivity index (χ4n) is 2.99. The molecule has 1 aliphatic heterocycles. The molecule has 0 bridgehead atoms. The minimum absolute atomic E-state index is 0.0678. The molecule has 0 spiro atoms. The normalized spacial score (nSPS) is 20.6. The topological polar surface area (TPSA) is 63.2 Å². The van der Waals surface area contributed by atoms with Gasteiger partial charge < -0.3 is 0 Å². The number of hydrogen-bond donors (Lipinski definition) is 0. The Morgan fingerprint density at radius 2 is 1.86 bits per heavy atom. The number of nitrogens with zero attached hydrogens (tertiary/aromatic N) is 3. The summed E-state index contributed by atoms with van der Waals surface area (Å²) >= 11 is 7.27. The Morgan fingerprint density at radius 3 is 2.45 bits per heavy atom. The Bertz CT molecular complexity index is 647. The molecule has 0 saturated heterocycles. The van der Waals surface area contributed by atoms with Crippen molar-refractivity contribution in [1.82, 2.24) is 9.36 Å². The van der Waals surface area contributed by atoms with E-state index in [0.29, 0.717) is 16.5 Å². The summed E-state index contributed by atoms with van der Waals surface area (Å²) in [6.07, 6.45) is 5.19. The number of amides is 2. The number of halogens is 1. The molecule has 1 fully saturated rings. The van der Waals surface area contributed by atoms with Gasteiger partial charge in [0.1, 0.15) is 10.9 Å². The summed E-state index contributed by atoms with van der Waals surface area (Å²) in [4.78, 5) is 30.5. The highest BCUT2D eigenvalue weighted by Gasteiger charge is 2.43. The van der Waals surface area contributed by atoms with Gasteiger partial charge in [0.2, 0.25) is 5.13 Å². The minimum Gasteiger partial charge on any atom is -0.268 e. The number of anilines is 1. The SMILES string of the molecule is CC(C)c1nsc(N2C(=O)C(Cl)=C(C3CCCCC3)C2=O)n1. The fourth-order valence-corrected chi connectivity index (χ4v) is 4.12. The van der Waals surface area contributed by atoms with Crippen LogP contribution in [-0.2, 0) is 9.59 Å². The van der Waals surface area contributed by atoms with Crippen LogP contribution in [0.2, 0.25) is 0 Å². The lowest BCUT2D eigenvalue weighted by Gasteiger charge is -2.22. The molecule has 2 heterocycles. The zero-order valence-corrected chi connectivity index (χ0v) is 14.2. The van der Waals surface area contributed by atoms with E-state index in [1.165, 1.54) is 6.42 Å². The summed E-state index contributed by atoms with van der Waals surface area (Å²) in [5, 5.41) is 0.390. The first-order chi connectivity index (χ1) is 10.5. The van der Waals surface area contributed by atoms with Crippen molar-refractivity contribution in [2.24, 2.45) is 5.92 Å². The molecule has 2 amide bonds. The van der Waals surface area contributed by atoms with E-state index in [4.69, 9.17) is 11.6 Å². The molecule has 2 aliphatic rings. The monoisotopic (exact) mass is 339 g/mol. The lowest BCUT2D eigenvalue weighted by molar-refractivity contribution is -0.120. The molecule has 118 valence electrons. The predicted octanol–water partition coefficient (Wildman–Crippen LogP) is 3.61. The first-order valence-electron chi connectivity index (χ1n) is 7.62. The second kappa shape index (κ2) is 6.08. The van der Waals surface area contributed by atoms with Crippen LogP contribution in [0.3, 0.4) is 0 Å². The van der Waals surface area contributed by atoms with E-state index in [1.807, 2.05) is 13.8 Å². The van der Waals surface area contributed by atoms with Crippen LogP contribution in [0, 0.1) is 5.92 Å². The molecular formula is C15H18ClN3O2S. The van der Waals surface area contributed by atoms with Crippen molar-refractivity contribution in [1.29, 1.82) is 0 Å². The van der Waals surface area contributed by atoms with Crippen LogP contribution in [-0.4, -0.2) is 21.2 Å². The van der Waals surface area contributed by atoms with Gasteiger partial charge >= 0.3 is 0 Å². The molecule has 22 heavy (non-hydrogen) atoms. The van der Waals surface area contributed by atoms with E-state index in [0.717, 1.165) is 42.1 Å². The van der Waals surface area contributed by atoms with Crippen molar-refractivity contribution in [3.63, 3.8) is 0 Å². The van der Waals surface area contributed by atoms with E-state index in [1.54, 1.807) is 0 Å². The van der Waals surface area contributed by atoms with Gasteiger partial charge in [-0.25, -0.2) is 9.88 Å². The van der Waals surface area contributed by atoms with Gasteiger partial charge in [-0.15, -0.1) is 0 Å². The lowest BCUT2D eigenvalue weighted by Crippen LogP contribution is -2.32. The van der Waals surface area contributed by atoms with Gasteiger partial charge in [0.05, 0.1) is 0 Å². The molecule has 1 saturated carbocycles. The van der Waals surface area contributed by atoms with Crippen molar-refractivity contribution in [2.75, 3.05) is 4.90 Å². The third-order valence-corrected chi connectivity index (χ3v) is 5.29. The number of imide groups is 1. The largest absolute Gasteiger partial charge is 0.279 e. The van der Waals surface area contributed by atoms with E-state index < -0.39 is 5.91 Å². The summed E-state index contributed by atoms with van der Waals surface area (Å²) in [6.45, 7) is 3.94. The van der Waals surface area contributed by atoms with Gasteiger partial charge in [-0.2, -0.15) is 4.37 Å². The van der Waals surface area contributed by atoms with E-state index in [2.05, 4.69) is 9.36 Å². The van der Waals surface area contributed by atoms with Gasteiger partial charge in [-0.1, -0.05) is 44.7 Å². The third kappa shape index (κ3) is 2.58. The molecule has 1 aromatic rings. The molecule has 0 N–H and O–H groups in total. The molecule has 1 aliphatic carbocycles. The number of hydrogen-bond acceptors (Lipinski definition) is 5. The molecule has 0 atom stereocenters.